The van der Waals surface area contributed by atoms with Gasteiger partial charge in [-0.25, -0.2) is 0 Å². The molecule has 0 spiro atoms. The van der Waals surface area contributed by atoms with E-state index < -0.39 is 0 Å². The number of benzene rings is 2. The summed E-state index contributed by atoms with van der Waals surface area (Å²) in [7, 11) is 1.68. The number of hydrogen-bond donors (Lipinski definition) is 0. The van der Waals surface area contributed by atoms with Gasteiger partial charge in [-0.3, -0.25) is 0 Å². The van der Waals surface area contributed by atoms with Gasteiger partial charge >= 0.3 is 0 Å². The molecule has 0 amide bonds. The zero-order chi connectivity index (χ0) is 14.0. The highest BCUT2D eigenvalue weighted by Gasteiger charge is 2.41. The van der Waals surface area contributed by atoms with E-state index in [1.54, 1.807) is 7.11 Å². The molecule has 0 N–H and O–H groups in total. The molecular weight excluding hydrogens is 268 g/mol. The summed E-state index contributed by atoms with van der Waals surface area (Å²) in [4.78, 5) is 0. The minimum Gasteiger partial charge on any atom is -0.497 e. The molecule has 0 aliphatic heterocycles. The Hall–Kier alpha value is -1.73. The first-order valence-electron chi connectivity index (χ1n) is 6.78. The Labute approximate surface area is 124 Å². The van der Waals surface area contributed by atoms with Crippen LogP contribution in [0.25, 0.3) is 0 Å². The molecule has 102 valence electrons. The Morgan fingerprint density at radius 2 is 1.65 bits per heavy atom. The van der Waals surface area contributed by atoms with E-state index in [1.807, 2.05) is 18.2 Å². The monoisotopic (exact) mass is 284 g/mol. The van der Waals surface area contributed by atoms with Gasteiger partial charge in [0.2, 0.25) is 0 Å². The third kappa shape index (κ3) is 2.03. The van der Waals surface area contributed by atoms with Gasteiger partial charge in [0.1, 0.15) is 5.75 Å². The first-order chi connectivity index (χ1) is 9.77. The maximum absolute atomic E-state index is 6.66. The highest BCUT2D eigenvalue weighted by Crippen LogP contribution is 2.46. The Kier molecular flexibility index (Phi) is 3.54. The number of ether oxygens (including phenoxy) is 1. The van der Waals surface area contributed by atoms with E-state index >= 15 is 0 Å². The largest absolute Gasteiger partial charge is 0.497 e. The molecule has 20 heavy (non-hydrogen) atoms. The predicted octanol–water partition coefficient (Wildman–Crippen LogP) is 4.55. The fourth-order valence-electron chi connectivity index (χ4n) is 3.00. The van der Waals surface area contributed by atoms with Crippen LogP contribution in [-0.2, 0) is 5.41 Å². The van der Waals surface area contributed by atoms with Gasteiger partial charge in [-0.05, 0) is 29.7 Å². The van der Waals surface area contributed by atoms with Crippen LogP contribution >= 0.6 is 11.6 Å². The molecule has 0 aromatic heterocycles. The highest BCUT2D eigenvalue weighted by molar-refractivity contribution is 6.23. The molecule has 2 aromatic carbocycles. The van der Waals surface area contributed by atoms with Crippen LogP contribution in [-0.4, -0.2) is 12.5 Å². The SMILES string of the molecule is COc1ccc(C2(c3ccccc3)CC=CC2Cl)cc1. The summed E-state index contributed by atoms with van der Waals surface area (Å²) in [5.74, 6) is 0.869. The van der Waals surface area contributed by atoms with Gasteiger partial charge in [0.15, 0.2) is 0 Å². The van der Waals surface area contributed by atoms with Crippen molar-refractivity contribution in [3.63, 3.8) is 0 Å². The van der Waals surface area contributed by atoms with Crippen molar-refractivity contribution in [3.8, 4) is 5.75 Å². The quantitative estimate of drug-likeness (QED) is 0.593. The summed E-state index contributed by atoms with van der Waals surface area (Å²) in [5.41, 5.74) is 2.32. The zero-order valence-corrected chi connectivity index (χ0v) is 12.2. The normalized spacial score (nSPS) is 24.8. The molecule has 1 aliphatic carbocycles. The lowest BCUT2D eigenvalue weighted by atomic mass is 9.72. The highest BCUT2D eigenvalue weighted by atomic mass is 35.5. The molecule has 0 radical (unpaired) electrons. The van der Waals surface area contributed by atoms with E-state index in [4.69, 9.17) is 16.3 Å². The Morgan fingerprint density at radius 3 is 2.20 bits per heavy atom. The maximum atomic E-state index is 6.66. The second kappa shape index (κ2) is 5.34. The number of allylic oxidation sites excluding steroid dienone is 2. The van der Waals surface area contributed by atoms with Gasteiger partial charge in [0.05, 0.1) is 12.5 Å². The molecular formula is C18H17ClO. The summed E-state index contributed by atoms with van der Waals surface area (Å²) in [6, 6.07) is 18.7. The average molecular weight is 285 g/mol. The molecule has 0 saturated carbocycles. The number of alkyl halides is 1. The van der Waals surface area contributed by atoms with Crippen molar-refractivity contribution in [2.24, 2.45) is 0 Å². The van der Waals surface area contributed by atoms with Crippen LogP contribution in [0, 0.1) is 0 Å². The fourth-order valence-corrected chi connectivity index (χ4v) is 3.44. The average Bonchev–Trinajstić information content (AvgIpc) is 2.91. The standard InChI is InChI=1S/C18H17ClO/c1-20-16-11-9-15(10-12-16)18(13-5-8-17(18)19)14-6-3-2-4-7-14/h2-12,17H,13H2,1H3. The Morgan fingerprint density at radius 1 is 1.00 bits per heavy atom. The van der Waals surface area contributed by atoms with Crippen LogP contribution in [0.4, 0.5) is 0 Å². The van der Waals surface area contributed by atoms with Crippen LogP contribution in [0.5, 0.6) is 5.75 Å². The predicted molar refractivity (Wildman–Crippen MR) is 83.6 cm³/mol. The summed E-state index contributed by atoms with van der Waals surface area (Å²) < 4.78 is 5.25. The van der Waals surface area contributed by atoms with Gasteiger partial charge in [-0.15, -0.1) is 11.6 Å². The third-order valence-electron chi connectivity index (χ3n) is 4.11. The van der Waals surface area contributed by atoms with Gasteiger partial charge in [-0.1, -0.05) is 54.6 Å². The molecule has 2 unspecified atom stereocenters. The molecule has 0 fully saturated rings. The van der Waals surface area contributed by atoms with Crippen LogP contribution in [0.1, 0.15) is 17.5 Å². The molecule has 0 bridgehead atoms. The van der Waals surface area contributed by atoms with Crippen molar-refractivity contribution in [1.82, 2.24) is 0 Å². The number of rotatable bonds is 3. The molecule has 2 aromatic rings. The number of halogens is 1. The van der Waals surface area contributed by atoms with E-state index in [0.717, 1.165) is 12.2 Å². The minimum absolute atomic E-state index is 0.0294. The molecule has 2 atom stereocenters. The molecule has 1 nitrogen and oxygen atoms in total. The van der Waals surface area contributed by atoms with Gasteiger partial charge < -0.3 is 4.74 Å². The van der Waals surface area contributed by atoms with Crippen molar-refractivity contribution >= 4 is 11.6 Å². The van der Waals surface area contributed by atoms with Crippen LogP contribution in [0.15, 0.2) is 66.7 Å². The molecule has 2 heteroatoms. The molecule has 0 heterocycles. The Bertz CT molecular complexity index is 603. The van der Waals surface area contributed by atoms with Crippen LogP contribution in [0.2, 0.25) is 0 Å². The summed E-state index contributed by atoms with van der Waals surface area (Å²) in [5, 5.41) is -0.0294. The van der Waals surface area contributed by atoms with Crippen LogP contribution < -0.4 is 4.74 Å². The van der Waals surface area contributed by atoms with Crippen LogP contribution in [0.3, 0.4) is 0 Å². The van der Waals surface area contributed by atoms with E-state index in [2.05, 4.69) is 48.6 Å². The molecule has 0 saturated heterocycles. The topological polar surface area (TPSA) is 9.23 Å². The lowest BCUT2D eigenvalue weighted by molar-refractivity contribution is 0.414. The second-order valence-corrected chi connectivity index (χ2v) is 5.57. The van der Waals surface area contributed by atoms with E-state index in [9.17, 15) is 0 Å². The lowest BCUT2D eigenvalue weighted by Gasteiger charge is -2.34. The van der Waals surface area contributed by atoms with Crippen molar-refractivity contribution in [2.75, 3.05) is 7.11 Å². The maximum Gasteiger partial charge on any atom is 0.118 e. The first-order valence-corrected chi connectivity index (χ1v) is 7.22. The first kappa shape index (κ1) is 13.3. The van der Waals surface area contributed by atoms with E-state index in [0.29, 0.717) is 0 Å². The van der Waals surface area contributed by atoms with Crippen molar-refractivity contribution in [3.05, 3.63) is 77.9 Å². The van der Waals surface area contributed by atoms with E-state index in [1.165, 1.54) is 11.1 Å². The minimum atomic E-state index is -0.172. The van der Waals surface area contributed by atoms with Gasteiger partial charge in [-0.2, -0.15) is 0 Å². The number of hydrogen-bond acceptors (Lipinski definition) is 1. The summed E-state index contributed by atoms with van der Waals surface area (Å²) in [6.07, 6.45) is 5.20. The van der Waals surface area contributed by atoms with Gasteiger partial charge in [0, 0.05) is 5.41 Å². The van der Waals surface area contributed by atoms with Crippen molar-refractivity contribution in [2.45, 2.75) is 17.2 Å². The van der Waals surface area contributed by atoms with Crippen molar-refractivity contribution < 1.29 is 4.74 Å². The second-order valence-electron chi connectivity index (χ2n) is 5.10. The van der Waals surface area contributed by atoms with Gasteiger partial charge in [0.25, 0.3) is 0 Å². The molecule has 1 aliphatic rings. The Balaban J connectivity index is 2.11. The lowest BCUT2D eigenvalue weighted by Crippen LogP contribution is -2.33. The summed E-state index contributed by atoms with van der Waals surface area (Å²) >= 11 is 6.66. The smallest absolute Gasteiger partial charge is 0.118 e. The van der Waals surface area contributed by atoms with E-state index in [-0.39, 0.29) is 10.8 Å². The molecule has 3 rings (SSSR count). The van der Waals surface area contributed by atoms with Crippen molar-refractivity contribution in [1.29, 1.82) is 0 Å². The summed E-state index contributed by atoms with van der Waals surface area (Å²) in [6.45, 7) is 0. The number of methoxy groups -OCH3 is 1. The third-order valence-corrected chi connectivity index (χ3v) is 4.63. The fraction of sp³-hybridized carbons (Fsp3) is 0.222. The zero-order valence-electron chi connectivity index (χ0n) is 11.4.